The second-order valence-electron chi connectivity index (χ2n) is 12.0. The first kappa shape index (κ1) is 23.5. The molecule has 6 aromatic carbocycles. The normalized spacial score (nSPS) is 13.7. The molecular formula is C40H28N2. The lowest BCUT2D eigenvalue weighted by atomic mass is 9.82. The minimum absolute atomic E-state index is 0.0750. The SMILES string of the molecule is CC1(C)c2ccccc2-c2cc3c4ccccc4n(-c4c5ccccc5c(-c5ccccn5)c5ccccc45)c3cc21. The molecule has 1 aliphatic rings. The molecule has 8 aromatic rings. The standard InChI is InChI=1S/C40H28N2/c1-40(2)33-19-9-7-13-25(33)31-23-32-26-14-8-10-21-36(26)42(37(32)24-34(31)40)39-29-17-5-3-15-27(29)38(35-20-11-12-22-41-35)28-16-4-6-18-30(28)39/h3-24H,1-2H3. The number of hydrogen-bond acceptors (Lipinski definition) is 1. The topological polar surface area (TPSA) is 17.8 Å². The number of pyridine rings is 1. The first-order valence-electron chi connectivity index (χ1n) is 14.7. The molecular weight excluding hydrogens is 508 g/mol. The van der Waals surface area contributed by atoms with Crippen molar-refractivity contribution in [1.29, 1.82) is 0 Å². The number of fused-ring (bicyclic) bond motifs is 8. The molecule has 2 nitrogen and oxygen atoms in total. The van der Waals surface area contributed by atoms with Gasteiger partial charge in [0.25, 0.3) is 0 Å². The fourth-order valence-electron chi connectivity index (χ4n) is 7.54. The van der Waals surface area contributed by atoms with Crippen molar-refractivity contribution < 1.29 is 0 Å². The summed E-state index contributed by atoms with van der Waals surface area (Å²) in [5, 5.41) is 7.44. The zero-order chi connectivity index (χ0) is 28.0. The average molecular weight is 537 g/mol. The van der Waals surface area contributed by atoms with Gasteiger partial charge in [0.15, 0.2) is 0 Å². The fraction of sp³-hybridized carbons (Fsp3) is 0.0750. The summed E-state index contributed by atoms with van der Waals surface area (Å²) >= 11 is 0. The molecule has 0 bridgehead atoms. The lowest BCUT2D eigenvalue weighted by Crippen LogP contribution is -2.15. The van der Waals surface area contributed by atoms with Crippen molar-refractivity contribution >= 4 is 43.4 Å². The van der Waals surface area contributed by atoms with Gasteiger partial charge in [-0.25, -0.2) is 0 Å². The van der Waals surface area contributed by atoms with Gasteiger partial charge in [-0.05, 0) is 63.4 Å². The summed E-state index contributed by atoms with van der Waals surface area (Å²) in [4.78, 5) is 4.81. The molecule has 0 saturated carbocycles. The van der Waals surface area contributed by atoms with E-state index in [1.165, 1.54) is 76.9 Å². The Hall–Kier alpha value is -5.21. The molecule has 198 valence electrons. The molecule has 1 aliphatic carbocycles. The number of nitrogens with zero attached hydrogens (tertiary/aromatic N) is 2. The summed E-state index contributed by atoms with van der Waals surface area (Å²) in [6, 6.07) is 46.6. The molecule has 42 heavy (non-hydrogen) atoms. The summed E-state index contributed by atoms with van der Waals surface area (Å²) in [6.45, 7) is 4.73. The molecule has 9 rings (SSSR count). The lowest BCUT2D eigenvalue weighted by molar-refractivity contribution is 0.661. The molecule has 0 unspecified atom stereocenters. The van der Waals surface area contributed by atoms with Gasteiger partial charge in [0.05, 0.1) is 22.4 Å². The van der Waals surface area contributed by atoms with Crippen LogP contribution in [0.25, 0.3) is 71.4 Å². The van der Waals surface area contributed by atoms with E-state index in [1.807, 2.05) is 12.3 Å². The van der Waals surface area contributed by atoms with Gasteiger partial charge < -0.3 is 4.57 Å². The minimum Gasteiger partial charge on any atom is -0.308 e. The van der Waals surface area contributed by atoms with E-state index < -0.39 is 0 Å². The first-order valence-corrected chi connectivity index (χ1v) is 14.7. The van der Waals surface area contributed by atoms with Crippen LogP contribution < -0.4 is 0 Å². The van der Waals surface area contributed by atoms with Crippen molar-refractivity contribution in [3.63, 3.8) is 0 Å². The molecule has 0 fully saturated rings. The zero-order valence-corrected chi connectivity index (χ0v) is 23.6. The van der Waals surface area contributed by atoms with Crippen LogP contribution in [0.1, 0.15) is 25.0 Å². The van der Waals surface area contributed by atoms with E-state index in [9.17, 15) is 0 Å². The number of aromatic nitrogens is 2. The van der Waals surface area contributed by atoms with Gasteiger partial charge in [-0.3, -0.25) is 4.98 Å². The Balaban J connectivity index is 1.48. The molecule has 0 N–H and O–H groups in total. The van der Waals surface area contributed by atoms with Crippen molar-refractivity contribution in [3.05, 3.63) is 145 Å². The van der Waals surface area contributed by atoms with Gasteiger partial charge >= 0.3 is 0 Å². The number of benzene rings is 6. The number of rotatable bonds is 2. The lowest BCUT2D eigenvalue weighted by Gasteiger charge is -2.22. The molecule has 2 aromatic heterocycles. The Morgan fingerprint density at radius 1 is 0.500 bits per heavy atom. The molecule has 2 heterocycles. The van der Waals surface area contributed by atoms with E-state index in [4.69, 9.17) is 4.98 Å². The van der Waals surface area contributed by atoms with Crippen LogP contribution in [0.4, 0.5) is 0 Å². The van der Waals surface area contributed by atoms with E-state index in [2.05, 4.69) is 140 Å². The minimum atomic E-state index is -0.0750. The maximum absolute atomic E-state index is 4.81. The van der Waals surface area contributed by atoms with Crippen molar-refractivity contribution in [1.82, 2.24) is 9.55 Å². The van der Waals surface area contributed by atoms with Gasteiger partial charge in [0.2, 0.25) is 0 Å². The maximum atomic E-state index is 4.81. The summed E-state index contributed by atoms with van der Waals surface area (Å²) in [5.41, 5.74) is 11.3. The monoisotopic (exact) mass is 536 g/mol. The third-order valence-corrected chi connectivity index (χ3v) is 9.42. The van der Waals surface area contributed by atoms with Crippen LogP contribution in [0.5, 0.6) is 0 Å². The molecule has 0 saturated heterocycles. The Kier molecular flexibility index (Phi) is 4.70. The zero-order valence-electron chi connectivity index (χ0n) is 23.6. The second kappa shape index (κ2) is 8.41. The van der Waals surface area contributed by atoms with Crippen LogP contribution in [0.15, 0.2) is 134 Å². The Morgan fingerprint density at radius 2 is 1.12 bits per heavy atom. The van der Waals surface area contributed by atoms with Crippen molar-refractivity contribution in [2.45, 2.75) is 19.3 Å². The first-order chi connectivity index (χ1) is 20.6. The second-order valence-corrected chi connectivity index (χ2v) is 12.0. The summed E-state index contributed by atoms with van der Waals surface area (Å²) in [5.74, 6) is 0. The predicted molar refractivity (Wildman–Crippen MR) is 177 cm³/mol. The molecule has 0 aliphatic heterocycles. The van der Waals surface area contributed by atoms with Crippen LogP contribution in [-0.2, 0) is 5.41 Å². The molecule has 0 radical (unpaired) electrons. The van der Waals surface area contributed by atoms with Crippen molar-refractivity contribution in [3.8, 4) is 28.1 Å². The van der Waals surface area contributed by atoms with Crippen LogP contribution in [-0.4, -0.2) is 9.55 Å². The average Bonchev–Trinajstić information content (AvgIpc) is 3.47. The van der Waals surface area contributed by atoms with Crippen LogP contribution in [0.3, 0.4) is 0 Å². The van der Waals surface area contributed by atoms with Crippen molar-refractivity contribution in [2.75, 3.05) is 0 Å². The highest BCUT2D eigenvalue weighted by atomic mass is 15.0. The van der Waals surface area contributed by atoms with Gasteiger partial charge in [-0.1, -0.05) is 111 Å². The largest absolute Gasteiger partial charge is 0.308 e. The quantitative estimate of drug-likeness (QED) is 0.201. The van der Waals surface area contributed by atoms with E-state index >= 15 is 0 Å². The van der Waals surface area contributed by atoms with Crippen LogP contribution in [0, 0.1) is 0 Å². The Labute approximate surface area is 244 Å². The smallest absolute Gasteiger partial charge is 0.0714 e. The van der Waals surface area contributed by atoms with E-state index in [0.717, 1.165) is 5.69 Å². The highest BCUT2D eigenvalue weighted by Crippen LogP contribution is 2.51. The van der Waals surface area contributed by atoms with Gasteiger partial charge in [-0.15, -0.1) is 0 Å². The van der Waals surface area contributed by atoms with Crippen molar-refractivity contribution in [2.24, 2.45) is 0 Å². The van der Waals surface area contributed by atoms with E-state index in [1.54, 1.807) is 0 Å². The number of hydrogen-bond donors (Lipinski definition) is 0. The van der Waals surface area contributed by atoms with Gasteiger partial charge in [0, 0.05) is 38.7 Å². The van der Waals surface area contributed by atoms with Crippen LogP contribution >= 0.6 is 0 Å². The number of para-hydroxylation sites is 1. The Morgan fingerprint density at radius 3 is 1.83 bits per heavy atom. The highest BCUT2D eigenvalue weighted by Gasteiger charge is 2.36. The molecule has 0 spiro atoms. The molecule has 0 amide bonds. The van der Waals surface area contributed by atoms with Gasteiger partial charge in [-0.2, -0.15) is 0 Å². The fourth-order valence-corrected chi connectivity index (χ4v) is 7.54. The van der Waals surface area contributed by atoms with Gasteiger partial charge in [0.1, 0.15) is 0 Å². The predicted octanol–water partition coefficient (Wildman–Crippen LogP) is 10.5. The highest BCUT2D eigenvalue weighted by molar-refractivity contribution is 6.21. The molecule has 0 atom stereocenters. The van der Waals surface area contributed by atoms with E-state index in [0.29, 0.717) is 0 Å². The summed E-state index contributed by atoms with van der Waals surface area (Å²) in [7, 11) is 0. The summed E-state index contributed by atoms with van der Waals surface area (Å²) < 4.78 is 2.52. The molecule has 2 heteroatoms. The third kappa shape index (κ3) is 3.01. The maximum Gasteiger partial charge on any atom is 0.0714 e. The Bertz CT molecular complexity index is 2320. The third-order valence-electron chi connectivity index (χ3n) is 9.42. The van der Waals surface area contributed by atoms with Crippen LogP contribution in [0.2, 0.25) is 0 Å². The summed E-state index contributed by atoms with van der Waals surface area (Å²) in [6.07, 6.45) is 1.89. The van der Waals surface area contributed by atoms with E-state index in [-0.39, 0.29) is 5.41 Å².